The van der Waals surface area contributed by atoms with Gasteiger partial charge in [-0.3, -0.25) is 5.32 Å². The first-order valence-electron chi connectivity index (χ1n) is 15.3. The number of rotatable bonds is 12. The van der Waals surface area contributed by atoms with Gasteiger partial charge in [-0.15, -0.1) is 0 Å². The van der Waals surface area contributed by atoms with Crippen molar-refractivity contribution in [2.24, 2.45) is 11.8 Å². The molecule has 254 valence electrons. The first-order valence-corrected chi connectivity index (χ1v) is 16.1. The van der Waals surface area contributed by atoms with Crippen molar-refractivity contribution in [3.05, 3.63) is 99.1 Å². The minimum atomic E-state index is -1.08. The van der Waals surface area contributed by atoms with Crippen LogP contribution in [0.3, 0.4) is 0 Å². The van der Waals surface area contributed by atoms with Crippen molar-refractivity contribution in [2.75, 3.05) is 18.5 Å². The van der Waals surface area contributed by atoms with E-state index in [1.165, 1.54) is 6.07 Å². The lowest BCUT2D eigenvalue weighted by molar-refractivity contribution is 0.0629. The monoisotopic (exact) mass is 687 g/mol. The summed E-state index contributed by atoms with van der Waals surface area (Å²) in [5.41, 5.74) is 1.23. The summed E-state index contributed by atoms with van der Waals surface area (Å²) in [7, 11) is 0. The summed E-state index contributed by atoms with van der Waals surface area (Å²) in [4.78, 5) is 22.6. The van der Waals surface area contributed by atoms with Gasteiger partial charge in [-0.05, 0) is 87.2 Å². The lowest BCUT2D eigenvalue weighted by atomic mass is 10.1. The van der Waals surface area contributed by atoms with Gasteiger partial charge in [0.1, 0.15) is 28.6 Å². The van der Waals surface area contributed by atoms with Gasteiger partial charge >= 0.3 is 12.1 Å². The molecule has 2 aromatic heterocycles. The molecule has 0 aliphatic heterocycles. The summed E-state index contributed by atoms with van der Waals surface area (Å²) in [6.45, 7) is 15.0. The molecule has 11 heteroatoms. The highest BCUT2D eigenvalue weighted by molar-refractivity contribution is 6.31. The number of halogens is 2. The third-order valence-electron chi connectivity index (χ3n) is 6.08. The Hall–Kier alpha value is -4.08. The maximum absolute atomic E-state index is 11.8. The van der Waals surface area contributed by atoms with Crippen LogP contribution in [0.25, 0.3) is 0 Å². The van der Waals surface area contributed by atoms with Crippen molar-refractivity contribution in [2.45, 2.75) is 66.9 Å². The highest BCUT2D eigenvalue weighted by Crippen LogP contribution is 2.28. The van der Waals surface area contributed by atoms with Crippen LogP contribution in [0.1, 0.15) is 81.7 Å². The van der Waals surface area contributed by atoms with Crippen LogP contribution in [0.4, 0.5) is 10.7 Å². The molecular weight excluding hydrogens is 645 g/mol. The van der Waals surface area contributed by atoms with Crippen molar-refractivity contribution in [1.29, 1.82) is 0 Å². The smallest absolute Gasteiger partial charge is 0.414 e. The first kappa shape index (κ1) is 37.4. The molecule has 0 fully saturated rings. The zero-order valence-corrected chi connectivity index (χ0v) is 29.3. The van der Waals surface area contributed by atoms with Crippen LogP contribution in [-0.2, 0) is 17.6 Å². The fraction of sp³-hybridized carbons (Fsp3) is 0.389. The minimum Gasteiger partial charge on any atom is -0.493 e. The van der Waals surface area contributed by atoms with Crippen LogP contribution in [0.5, 0.6) is 11.5 Å². The summed E-state index contributed by atoms with van der Waals surface area (Å²) < 4.78 is 27.8. The number of benzene rings is 2. The van der Waals surface area contributed by atoms with E-state index in [1.54, 1.807) is 57.2 Å². The molecule has 0 bridgehead atoms. The Kier molecular flexibility index (Phi) is 13.7. The summed E-state index contributed by atoms with van der Waals surface area (Å²) >= 11 is 12.1. The number of aromatic carboxylic acids is 1. The summed E-state index contributed by atoms with van der Waals surface area (Å²) in [6, 6.07) is 17.5. The quantitative estimate of drug-likeness (QED) is 0.151. The minimum absolute atomic E-state index is 0.0725. The Morgan fingerprint density at radius 1 is 0.766 bits per heavy atom. The molecule has 2 aromatic carbocycles. The van der Waals surface area contributed by atoms with Gasteiger partial charge in [0.05, 0.1) is 13.2 Å². The lowest BCUT2D eigenvalue weighted by Crippen LogP contribution is -2.27. The van der Waals surface area contributed by atoms with Crippen molar-refractivity contribution >= 4 is 41.1 Å². The van der Waals surface area contributed by atoms with Crippen LogP contribution in [0.15, 0.2) is 69.5 Å². The van der Waals surface area contributed by atoms with E-state index in [0.29, 0.717) is 65.3 Å². The van der Waals surface area contributed by atoms with Crippen LogP contribution in [0, 0.1) is 11.8 Å². The zero-order valence-electron chi connectivity index (χ0n) is 27.8. The number of nitrogens with one attached hydrogen (secondary N) is 1. The van der Waals surface area contributed by atoms with E-state index in [4.69, 9.17) is 51.4 Å². The average molecular weight is 689 g/mol. The first-order chi connectivity index (χ1) is 22.1. The maximum Gasteiger partial charge on any atom is 0.414 e. The highest BCUT2D eigenvalue weighted by atomic mass is 35.5. The largest absolute Gasteiger partial charge is 0.493 e. The van der Waals surface area contributed by atoms with Gasteiger partial charge in [-0.2, -0.15) is 0 Å². The van der Waals surface area contributed by atoms with E-state index in [-0.39, 0.29) is 5.76 Å². The highest BCUT2D eigenvalue weighted by Gasteiger charge is 2.18. The molecule has 0 spiro atoms. The second-order valence-electron chi connectivity index (χ2n) is 12.7. The number of amides is 1. The number of carboxylic acid groups (broad SMARTS) is 1. The average Bonchev–Trinajstić information content (AvgIpc) is 3.61. The summed E-state index contributed by atoms with van der Waals surface area (Å²) in [5, 5.41) is 12.7. The molecule has 9 nitrogen and oxygen atoms in total. The van der Waals surface area contributed by atoms with Gasteiger partial charge in [0, 0.05) is 40.1 Å². The Labute approximate surface area is 286 Å². The van der Waals surface area contributed by atoms with Gasteiger partial charge in [0.2, 0.25) is 11.6 Å². The molecule has 0 saturated carbocycles. The fourth-order valence-corrected chi connectivity index (χ4v) is 4.46. The lowest BCUT2D eigenvalue weighted by Gasteiger charge is -2.18. The number of ether oxygens (including phenoxy) is 3. The van der Waals surface area contributed by atoms with Crippen molar-refractivity contribution in [3.8, 4) is 11.5 Å². The standard InChI is InChI=1S/C20H26ClNO4.C16H17ClO4/c1-13(2)12-24-17-8-6-15(21)10-14(17)11-16-7-9-18(25-16)22-19(23)26-20(3,4)5;1-10(2)9-20-14-5-3-12(17)7-11(14)8-13-4-6-15(21-13)16(18)19/h6-10,13H,11-12H2,1-5H3,(H,22,23);3-7,10H,8-9H2,1-2H3,(H,18,19). The normalized spacial score (nSPS) is 11.2. The second kappa shape index (κ2) is 17.2. The predicted molar refractivity (Wildman–Crippen MR) is 183 cm³/mol. The van der Waals surface area contributed by atoms with Gasteiger partial charge in [-0.1, -0.05) is 50.9 Å². The summed E-state index contributed by atoms with van der Waals surface area (Å²) in [6.07, 6.45) is 0.382. The van der Waals surface area contributed by atoms with E-state index >= 15 is 0 Å². The molecule has 0 saturated heterocycles. The molecule has 0 atom stereocenters. The van der Waals surface area contributed by atoms with Gasteiger partial charge in [-0.25, -0.2) is 9.59 Å². The van der Waals surface area contributed by atoms with Gasteiger partial charge in [0.25, 0.3) is 0 Å². The SMILES string of the molecule is CC(C)COc1ccc(Cl)cc1Cc1ccc(C(=O)O)o1.CC(C)COc1ccc(Cl)cc1Cc1ccc(NC(=O)OC(C)(C)C)o1. The van der Waals surface area contributed by atoms with Crippen molar-refractivity contribution in [1.82, 2.24) is 0 Å². The Bertz CT molecular complexity index is 1620. The summed E-state index contributed by atoms with van der Waals surface area (Å²) in [5.74, 6) is 2.78. The van der Waals surface area contributed by atoms with Gasteiger partial charge < -0.3 is 28.2 Å². The Balaban J connectivity index is 0.000000261. The number of carboxylic acids is 1. The van der Waals surface area contributed by atoms with Gasteiger partial charge in [0.15, 0.2) is 0 Å². The number of carbonyl (C=O) groups is 2. The number of furan rings is 2. The number of carbonyl (C=O) groups excluding carboxylic acids is 1. The topological polar surface area (TPSA) is 120 Å². The van der Waals surface area contributed by atoms with E-state index < -0.39 is 17.7 Å². The Morgan fingerprint density at radius 2 is 1.26 bits per heavy atom. The molecule has 1 amide bonds. The third kappa shape index (κ3) is 13.3. The van der Waals surface area contributed by atoms with Crippen LogP contribution in [0.2, 0.25) is 10.0 Å². The second-order valence-corrected chi connectivity index (χ2v) is 13.6. The molecule has 4 rings (SSSR count). The van der Waals surface area contributed by atoms with Crippen LogP contribution in [-0.4, -0.2) is 36.0 Å². The van der Waals surface area contributed by atoms with E-state index in [2.05, 4.69) is 33.0 Å². The third-order valence-corrected chi connectivity index (χ3v) is 6.55. The maximum atomic E-state index is 11.8. The zero-order chi connectivity index (χ0) is 34.7. The molecule has 0 aliphatic carbocycles. The predicted octanol–water partition coefficient (Wildman–Crippen LogP) is 10.2. The van der Waals surface area contributed by atoms with Crippen molar-refractivity contribution in [3.63, 3.8) is 0 Å². The Morgan fingerprint density at radius 3 is 1.70 bits per heavy atom. The number of anilines is 1. The molecule has 0 aliphatic rings. The molecular formula is C36H43Cl2NO8. The molecule has 47 heavy (non-hydrogen) atoms. The fourth-order valence-electron chi connectivity index (χ4n) is 4.07. The number of hydrogen-bond donors (Lipinski definition) is 2. The van der Waals surface area contributed by atoms with E-state index in [9.17, 15) is 9.59 Å². The van der Waals surface area contributed by atoms with E-state index in [1.807, 2.05) is 18.2 Å². The van der Waals surface area contributed by atoms with Crippen LogP contribution >= 0.6 is 23.2 Å². The molecule has 0 radical (unpaired) electrons. The number of hydrogen-bond acceptors (Lipinski definition) is 7. The van der Waals surface area contributed by atoms with Crippen molar-refractivity contribution < 1.29 is 37.7 Å². The molecule has 2 N–H and O–H groups in total. The molecule has 2 heterocycles. The molecule has 4 aromatic rings. The molecule has 0 unspecified atom stereocenters. The van der Waals surface area contributed by atoms with E-state index in [0.717, 1.165) is 22.6 Å². The van der Waals surface area contributed by atoms with Crippen LogP contribution < -0.4 is 14.8 Å².